The largest absolute Gasteiger partial charge is 0.455 e. The Morgan fingerprint density at radius 2 is 0.873 bits per heavy atom. The normalized spacial score (nSPS) is 22.0. The zero-order valence-electron chi connectivity index (χ0n) is 35.1. The van der Waals surface area contributed by atoms with Gasteiger partial charge >= 0.3 is 0 Å². The van der Waals surface area contributed by atoms with Crippen LogP contribution in [0.25, 0.3) is 110 Å². The minimum absolute atomic E-state index is 0.140. The van der Waals surface area contributed by atoms with Gasteiger partial charge in [0, 0.05) is 27.3 Å². The van der Waals surface area contributed by atoms with Gasteiger partial charge in [-0.25, -0.2) is 0 Å². The summed E-state index contributed by atoms with van der Waals surface area (Å²) in [4.78, 5) is 0. The van der Waals surface area contributed by atoms with E-state index in [4.69, 9.17) is 4.42 Å². The zero-order valence-corrected chi connectivity index (χ0v) is 35.1. The van der Waals surface area contributed by atoms with E-state index in [0.29, 0.717) is 0 Å². The van der Waals surface area contributed by atoms with E-state index in [9.17, 15) is 0 Å². The average molecular weight is 805 g/mol. The van der Waals surface area contributed by atoms with Crippen LogP contribution in [-0.2, 0) is 5.41 Å². The summed E-state index contributed by atoms with van der Waals surface area (Å²) >= 11 is 0. The van der Waals surface area contributed by atoms with Crippen molar-refractivity contribution < 1.29 is 4.42 Å². The molecule has 0 amide bonds. The molecule has 1 aromatic heterocycles. The Labute approximate surface area is 366 Å². The number of fused-ring (bicyclic) bond motifs is 11. The van der Waals surface area contributed by atoms with Gasteiger partial charge in [0.15, 0.2) is 0 Å². The maximum absolute atomic E-state index is 7.13. The van der Waals surface area contributed by atoms with E-state index in [2.05, 4.69) is 182 Å². The van der Waals surface area contributed by atoms with Crippen molar-refractivity contribution in [1.82, 2.24) is 0 Å². The van der Waals surface area contributed by atoms with Crippen LogP contribution in [0.2, 0.25) is 0 Å². The van der Waals surface area contributed by atoms with Crippen LogP contribution in [0.15, 0.2) is 186 Å². The van der Waals surface area contributed by atoms with Gasteiger partial charge in [-0.3, -0.25) is 0 Å². The number of rotatable bonds is 3. The number of hydrogen-bond donors (Lipinski definition) is 0. The van der Waals surface area contributed by atoms with Gasteiger partial charge in [-0.05, 0) is 162 Å². The molecule has 4 saturated carbocycles. The lowest BCUT2D eigenvalue weighted by Crippen LogP contribution is -2.55. The molecule has 1 heterocycles. The van der Waals surface area contributed by atoms with E-state index < -0.39 is 0 Å². The summed E-state index contributed by atoms with van der Waals surface area (Å²) in [7, 11) is 0. The van der Waals surface area contributed by atoms with Crippen molar-refractivity contribution in [3.63, 3.8) is 0 Å². The van der Waals surface area contributed by atoms with Gasteiger partial charge in [0.2, 0.25) is 0 Å². The van der Waals surface area contributed by atoms with Crippen LogP contribution >= 0.6 is 0 Å². The van der Waals surface area contributed by atoms with E-state index in [1.807, 2.05) is 0 Å². The first-order chi connectivity index (χ1) is 31.2. The smallest absolute Gasteiger partial charge is 0.143 e. The lowest BCUT2D eigenvalue weighted by molar-refractivity contribution is -0.0399. The van der Waals surface area contributed by atoms with Crippen LogP contribution in [0.3, 0.4) is 0 Å². The summed E-state index contributed by atoms with van der Waals surface area (Å²) in [5.74, 6) is 3.33. The maximum atomic E-state index is 7.13. The Morgan fingerprint density at radius 3 is 1.59 bits per heavy atom. The Hall–Kier alpha value is -6.96. The summed E-state index contributed by atoms with van der Waals surface area (Å²) in [5, 5.41) is 12.5. The molecule has 10 aromatic carbocycles. The van der Waals surface area contributed by atoms with Crippen molar-refractivity contribution >= 4 is 65.0 Å². The van der Waals surface area contributed by atoms with E-state index in [1.54, 1.807) is 11.1 Å². The minimum atomic E-state index is 0.140. The minimum Gasteiger partial charge on any atom is -0.455 e. The molecular weight excluding hydrogens is 761 g/mol. The Balaban J connectivity index is 0.916. The van der Waals surface area contributed by atoms with Crippen molar-refractivity contribution in [3.05, 3.63) is 193 Å². The highest BCUT2D eigenvalue weighted by Gasteiger charge is 2.61. The summed E-state index contributed by atoms with van der Waals surface area (Å²) in [6.07, 6.45) is 7.04. The standard InChI is InChI=1S/C62H44O/c1-3-14-44-38(11-1)13-9-20-47(44)58-48-16-5-7-18-50(48)59(51-19-8-6-17-49(51)58)53-22-10-21-52-46-26-23-41(35-57(46)63-61(52)53)40-25-27-55-54(34-40)60-45-15-4-2-12-39(45)24-28-56(60)62(55)42-30-36-29-37(32-42)33-43(62)31-36/h1-28,34-37,42-43H,29-33H2. The molecule has 0 unspecified atom stereocenters. The second kappa shape index (κ2) is 12.6. The molecule has 63 heavy (non-hydrogen) atoms. The SMILES string of the molecule is c1ccc2c(-c3c4ccccc4c(-c4cccc5c4oc4cc(-c6ccc7c(c6)-c6c(ccc8ccccc68)C76C7CC8CC(C7)CC6C8)ccc45)c4ccccc34)cccc2c1. The van der Waals surface area contributed by atoms with E-state index in [0.717, 1.165) is 51.2 Å². The molecule has 16 rings (SSSR count). The molecule has 4 bridgehead atoms. The Kier molecular flexibility index (Phi) is 6.91. The van der Waals surface area contributed by atoms with Crippen molar-refractivity contribution in [3.8, 4) is 44.5 Å². The van der Waals surface area contributed by atoms with Gasteiger partial charge in [-0.1, -0.05) is 164 Å². The van der Waals surface area contributed by atoms with Gasteiger partial charge in [0.05, 0.1) is 0 Å². The molecule has 5 aliphatic carbocycles. The molecule has 0 atom stereocenters. The zero-order chi connectivity index (χ0) is 41.0. The highest BCUT2D eigenvalue weighted by Crippen LogP contribution is 2.70. The molecule has 0 aliphatic heterocycles. The fourth-order valence-corrected chi connectivity index (χ4v) is 14.5. The topological polar surface area (TPSA) is 13.1 Å². The fourth-order valence-electron chi connectivity index (χ4n) is 14.5. The highest BCUT2D eigenvalue weighted by molar-refractivity contribution is 6.26. The van der Waals surface area contributed by atoms with Crippen LogP contribution < -0.4 is 0 Å². The molecule has 0 N–H and O–H groups in total. The molecule has 298 valence electrons. The number of benzene rings is 10. The molecular formula is C62H44O. The first kappa shape index (κ1) is 34.6. The molecule has 0 saturated heterocycles. The van der Waals surface area contributed by atoms with Gasteiger partial charge in [0.1, 0.15) is 11.2 Å². The van der Waals surface area contributed by atoms with Crippen LogP contribution in [0.1, 0.15) is 43.2 Å². The second-order valence-corrected chi connectivity index (χ2v) is 19.5. The fraction of sp³-hybridized carbons (Fsp3) is 0.161. The van der Waals surface area contributed by atoms with Gasteiger partial charge in [-0.15, -0.1) is 0 Å². The predicted molar refractivity (Wildman–Crippen MR) is 263 cm³/mol. The number of furan rings is 1. The summed E-state index contributed by atoms with van der Waals surface area (Å²) in [6.45, 7) is 0. The maximum Gasteiger partial charge on any atom is 0.143 e. The van der Waals surface area contributed by atoms with E-state index in [1.165, 1.54) is 114 Å². The van der Waals surface area contributed by atoms with Gasteiger partial charge < -0.3 is 4.42 Å². The third-order valence-corrected chi connectivity index (χ3v) is 16.6. The summed E-state index contributed by atoms with van der Waals surface area (Å²) in [6, 6.07) is 68.7. The molecule has 1 heteroatoms. The monoisotopic (exact) mass is 804 g/mol. The van der Waals surface area contributed by atoms with Crippen LogP contribution in [0.4, 0.5) is 0 Å². The van der Waals surface area contributed by atoms with Crippen LogP contribution in [0.5, 0.6) is 0 Å². The second-order valence-electron chi connectivity index (χ2n) is 19.5. The van der Waals surface area contributed by atoms with E-state index in [-0.39, 0.29) is 5.41 Å². The van der Waals surface area contributed by atoms with Crippen LogP contribution in [-0.4, -0.2) is 0 Å². The quantitative estimate of drug-likeness (QED) is 0.162. The molecule has 5 aliphatic rings. The first-order valence-electron chi connectivity index (χ1n) is 23.3. The highest BCUT2D eigenvalue weighted by atomic mass is 16.3. The lowest BCUT2D eigenvalue weighted by atomic mass is 9.43. The van der Waals surface area contributed by atoms with Crippen LogP contribution in [0, 0.1) is 23.7 Å². The summed E-state index contributed by atoms with van der Waals surface area (Å²) < 4.78 is 7.13. The molecule has 11 aromatic rings. The Bertz CT molecular complexity index is 3680. The first-order valence-corrected chi connectivity index (χ1v) is 23.3. The average Bonchev–Trinajstić information content (AvgIpc) is 3.85. The number of para-hydroxylation sites is 1. The van der Waals surface area contributed by atoms with E-state index >= 15 is 0 Å². The van der Waals surface area contributed by atoms with Gasteiger partial charge in [-0.2, -0.15) is 0 Å². The molecule has 4 fully saturated rings. The van der Waals surface area contributed by atoms with Crippen molar-refractivity contribution in [2.45, 2.75) is 37.5 Å². The molecule has 0 radical (unpaired) electrons. The van der Waals surface area contributed by atoms with Crippen molar-refractivity contribution in [2.24, 2.45) is 23.7 Å². The third-order valence-electron chi connectivity index (χ3n) is 16.6. The van der Waals surface area contributed by atoms with Gasteiger partial charge in [0.25, 0.3) is 0 Å². The van der Waals surface area contributed by atoms with Crippen molar-refractivity contribution in [1.29, 1.82) is 0 Å². The molecule has 1 nitrogen and oxygen atoms in total. The summed E-state index contributed by atoms with van der Waals surface area (Å²) in [5.41, 5.74) is 15.5. The molecule has 1 spiro atoms. The lowest BCUT2D eigenvalue weighted by Gasteiger charge is -2.61. The third kappa shape index (κ3) is 4.57. The number of hydrogen-bond acceptors (Lipinski definition) is 1. The predicted octanol–water partition coefficient (Wildman–Crippen LogP) is 16.9. The Morgan fingerprint density at radius 1 is 0.349 bits per heavy atom. The van der Waals surface area contributed by atoms with Crippen molar-refractivity contribution in [2.75, 3.05) is 0 Å².